The largest absolute Gasteiger partial charge is 0.330 e. The van der Waals surface area contributed by atoms with E-state index >= 15 is 0 Å². The van der Waals surface area contributed by atoms with Gasteiger partial charge in [-0.15, -0.1) is 0 Å². The van der Waals surface area contributed by atoms with E-state index in [2.05, 4.69) is 33.9 Å². The van der Waals surface area contributed by atoms with Crippen LogP contribution in [0.1, 0.15) is 47.9 Å². The minimum atomic E-state index is -3.24. The molecule has 0 radical (unpaired) electrons. The third kappa shape index (κ3) is 6.31. The molecule has 0 saturated carbocycles. The Balaban J connectivity index is 1.56. The lowest BCUT2D eigenvalue weighted by Crippen LogP contribution is -2.42. The molecule has 1 amide bonds. The molecule has 2 heterocycles. The fraction of sp³-hybridized carbons (Fsp3) is 0.423. The van der Waals surface area contributed by atoms with Crippen molar-refractivity contribution in [3.05, 3.63) is 83.4 Å². The summed E-state index contributed by atoms with van der Waals surface area (Å²) in [5, 5.41) is 0. The van der Waals surface area contributed by atoms with Crippen molar-refractivity contribution >= 4 is 15.9 Å². The van der Waals surface area contributed by atoms with Crippen molar-refractivity contribution < 1.29 is 13.2 Å². The minimum Gasteiger partial charge on any atom is -0.330 e. The molecule has 33 heavy (non-hydrogen) atoms. The highest BCUT2D eigenvalue weighted by Crippen LogP contribution is 2.32. The molecule has 2 atom stereocenters. The van der Waals surface area contributed by atoms with Crippen molar-refractivity contribution in [1.29, 1.82) is 0 Å². The summed E-state index contributed by atoms with van der Waals surface area (Å²) in [7, 11) is -3.24. The summed E-state index contributed by atoms with van der Waals surface area (Å²) in [6, 6.07) is 18.1. The number of nitrogens with zero attached hydrogens (tertiary/aromatic N) is 2. The van der Waals surface area contributed by atoms with Gasteiger partial charge in [-0.05, 0) is 49.0 Å². The van der Waals surface area contributed by atoms with Gasteiger partial charge in [0, 0.05) is 19.6 Å². The first-order chi connectivity index (χ1) is 15.9. The number of likely N-dealkylation sites (tertiary alicyclic amines) is 1. The second kappa shape index (κ2) is 10.6. The molecule has 0 aliphatic carbocycles. The number of rotatable bonds is 8. The molecule has 2 unspecified atom stereocenters. The Morgan fingerprint density at radius 1 is 1.00 bits per heavy atom. The van der Waals surface area contributed by atoms with E-state index in [-0.39, 0.29) is 24.4 Å². The van der Waals surface area contributed by atoms with Crippen LogP contribution in [0.2, 0.25) is 0 Å². The lowest BCUT2D eigenvalue weighted by molar-refractivity contribution is -0.134. The summed E-state index contributed by atoms with van der Waals surface area (Å²) >= 11 is 0. The standard InChI is InChI=1S/C26H33N3O3S/c1-33(31,32)27-19-21-12-14-22(15-13-21)24-11-5-6-18-29(26(24)30)25(20-28-16-7-8-17-28)23-9-3-2-4-10-23/h2-6,9-10,12-15,24-25,27H,7-8,11,16-20H2,1H3. The number of nitrogens with one attached hydrogen (secondary N) is 1. The number of allylic oxidation sites excluding steroid dienone is 1. The van der Waals surface area contributed by atoms with E-state index in [1.165, 1.54) is 18.4 Å². The van der Waals surface area contributed by atoms with Gasteiger partial charge in [-0.1, -0.05) is 66.7 Å². The minimum absolute atomic E-state index is 0.0142. The number of hydrogen-bond donors (Lipinski definition) is 1. The van der Waals surface area contributed by atoms with E-state index < -0.39 is 10.0 Å². The van der Waals surface area contributed by atoms with Crippen molar-refractivity contribution in [2.45, 2.75) is 37.8 Å². The van der Waals surface area contributed by atoms with E-state index in [4.69, 9.17) is 0 Å². The third-order valence-corrected chi connectivity index (χ3v) is 7.20. The van der Waals surface area contributed by atoms with Gasteiger partial charge in [0.25, 0.3) is 0 Å². The molecule has 0 aromatic heterocycles. The average Bonchev–Trinajstić information content (AvgIpc) is 3.25. The lowest BCUT2D eigenvalue weighted by atomic mass is 9.93. The highest BCUT2D eigenvalue weighted by atomic mass is 32.2. The highest BCUT2D eigenvalue weighted by molar-refractivity contribution is 7.88. The van der Waals surface area contributed by atoms with Crippen LogP contribution in [0.4, 0.5) is 0 Å². The van der Waals surface area contributed by atoms with E-state index in [1.54, 1.807) is 0 Å². The quantitative estimate of drug-likeness (QED) is 0.604. The fourth-order valence-corrected chi connectivity index (χ4v) is 5.15. The first kappa shape index (κ1) is 23.7. The first-order valence-corrected chi connectivity index (χ1v) is 13.6. The number of benzene rings is 2. The van der Waals surface area contributed by atoms with E-state index in [0.29, 0.717) is 13.0 Å². The van der Waals surface area contributed by atoms with Crippen LogP contribution < -0.4 is 4.72 Å². The molecule has 0 spiro atoms. The molecule has 176 valence electrons. The Morgan fingerprint density at radius 2 is 1.70 bits per heavy atom. The van der Waals surface area contributed by atoms with Gasteiger partial charge in [-0.2, -0.15) is 0 Å². The van der Waals surface area contributed by atoms with Crippen LogP contribution in [-0.4, -0.2) is 56.6 Å². The van der Waals surface area contributed by atoms with Gasteiger partial charge in [0.2, 0.25) is 15.9 Å². The predicted molar refractivity (Wildman–Crippen MR) is 131 cm³/mol. The first-order valence-electron chi connectivity index (χ1n) is 11.7. The number of carbonyl (C=O) groups is 1. The Labute approximate surface area is 197 Å². The summed E-state index contributed by atoms with van der Waals surface area (Å²) in [6.45, 7) is 3.89. The second-order valence-corrected chi connectivity index (χ2v) is 10.9. The van der Waals surface area contributed by atoms with Crippen molar-refractivity contribution in [3.8, 4) is 0 Å². The zero-order valence-electron chi connectivity index (χ0n) is 19.2. The van der Waals surface area contributed by atoms with Gasteiger partial charge in [0.1, 0.15) is 0 Å². The monoisotopic (exact) mass is 467 g/mol. The van der Waals surface area contributed by atoms with Gasteiger partial charge in [-0.3, -0.25) is 4.79 Å². The van der Waals surface area contributed by atoms with E-state index in [0.717, 1.165) is 37.0 Å². The van der Waals surface area contributed by atoms with Crippen molar-refractivity contribution in [3.63, 3.8) is 0 Å². The highest BCUT2D eigenvalue weighted by Gasteiger charge is 2.33. The summed E-state index contributed by atoms with van der Waals surface area (Å²) in [6.07, 6.45) is 8.48. The van der Waals surface area contributed by atoms with Crippen LogP contribution >= 0.6 is 0 Å². The van der Waals surface area contributed by atoms with Crippen LogP contribution in [0, 0.1) is 0 Å². The predicted octanol–water partition coefficient (Wildman–Crippen LogP) is 3.45. The van der Waals surface area contributed by atoms with Gasteiger partial charge < -0.3 is 9.80 Å². The van der Waals surface area contributed by atoms with Crippen molar-refractivity contribution in [2.75, 3.05) is 32.4 Å². The lowest BCUT2D eigenvalue weighted by Gasteiger charge is -2.35. The normalized spacial score (nSPS) is 20.7. The van der Waals surface area contributed by atoms with Crippen molar-refractivity contribution in [2.24, 2.45) is 0 Å². The SMILES string of the molecule is CS(=O)(=O)NCc1ccc(C2CC=CCN(C(CN3CCCC3)c3ccccc3)C2=O)cc1. The molecule has 1 saturated heterocycles. The van der Waals surface area contributed by atoms with Gasteiger partial charge >= 0.3 is 0 Å². The summed E-state index contributed by atoms with van der Waals surface area (Å²) in [5.41, 5.74) is 3.01. The molecule has 7 heteroatoms. The number of hydrogen-bond acceptors (Lipinski definition) is 4. The fourth-order valence-electron chi connectivity index (χ4n) is 4.72. The van der Waals surface area contributed by atoms with Crippen LogP contribution in [-0.2, 0) is 21.4 Å². The molecule has 2 aliphatic rings. The Bertz CT molecular complexity index is 1060. The number of amides is 1. The zero-order valence-corrected chi connectivity index (χ0v) is 20.0. The summed E-state index contributed by atoms with van der Waals surface area (Å²) < 4.78 is 25.2. The molecule has 0 bridgehead atoms. The maximum absolute atomic E-state index is 13.9. The summed E-state index contributed by atoms with van der Waals surface area (Å²) in [5.74, 6) is -0.0967. The molecule has 1 fully saturated rings. The molecule has 2 aromatic rings. The maximum Gasteiger partial charge on any atom is 0.231 e. The van der Waals surface area contributed by atoms with Crippen LogP contribution in [0.15, 0.2) is 66.7 Å². The Hall–Kier alpha value is -2.48. The number of carbonyl (C=O) groups excluding carboxylic acids is 1. The molecule has 1 N–H and O–H groups in total. The Kier molecular flexibility index (Phi) is 7.63. The third-order valence-electron chi connectivity index (χ3n) is 6.53. The molecule has 2 aromatic carbocycles. The van der Waals surface area contributed by atoms with Crippen LogP contribution in [0.3, 0.4) is 0 Å². The second-order valence-electron chi connectivity index (χ2n) is 9.02. The van der Waals surface area contributed by atoms with Crippen molar-refractivity contribution in [1.82, 2.24) is 14.5 Å². The van der Waals surface area contributed by atoms with Gasteiger partial charge in [-0.25, -0.2) is 13.1 Å². The maximum atomic E-state index is 13.9. The topological polar surface area (TPSA) is 69.7 Å². The molecular formula is C26H33N3O3S. The smallest absolute Gasteiger partial charge is 0.231 e. The van der Waals surface area contributed by atoms with Gasteiger partial charge in [0.05, 0.1) is 18.2 Å². The summed E-state index contributed by atoms with van der Waals surface area (Å²) in [4.78, 5) is 18.4. The molecule has 6 nitrogen and oxygen atoms in total. The molecular weight excluding hydrogens is 434 g/mol. The van der Waals surface area contributed by atoms with E-state index in [1.807, 2.05) is 47.4 Å². The van der Waals surface area contributed by atoms with Crippen LogP contribution in [0.5, 0.6) is 0 Å². The molecule has 2 aliphatic heterocycles. The molecule has 4 rings (SSSR count). The van der Waals surface area contributed by atoms with Crippen LogP contribution in [0.25, 0.3) is 0 Å². The zero-order chi connectivity index (χ0) is 23.3. The number of sulfonamides is 1. The van der Waals surface area contributed by atoms with Gasteiger partial charge in [0.15, 0.2) is 0 Å². The van der Waals surface area contributed by atoms with E-state index in [9.17, 15) is 13.2 Å². The Morgan fingerprint density at radius 3 is 2.36 bits per heavy atom. The average molecular weight is 468 g/mol.